The summed E-state index contributed by atoms with van der Waals surface area (Å²) in [5, 5.41) is 8.45. The third-order valence-electron chi connectivity index (χ3n) is 2.33. The average molecular weight is 207 g/mol. The summed E-state index contributed by atoms with van der Waals surface area (Å²) >= 11 is 0. The summed E-state index contributed by atoms with van der Waals surface area (Å²) in [6.45, 7) is 8.51. The maximum absolute atomic E-state index is 4.29. The highest BCUT2D eigenvalue weighted by Crippen LogP contribution is 2.15. The first-order chi connectivity index (χ1) is 7.27. The van der Waals surface area contributed by atoms with Crippen LogP contribution in [0.4, 0.5) is 0 Å². The number of rotatable bonds is 5. The molecule has 0 radical (unpaired) electrons. The van der Waals surface area contributed by atoms with Crippen LogP contribution in [0, 0.1) is 0 Å². The molecule has 0 unspecified atom stereocenters. The van der Waals surface area contributed by atoms with Crippen molar-refractivity contribution in [1.29, 1.82) is 0 Å². The van der Waals surface area contributed by atoms with Gasteiger partial charge in [0.2, 0.25) is 0 Å². The fourth-order valence-corrected chi connectivity index (χ4v) is 1.62. The largest absolute Gasteiger partial charge is 0.355 e. The molecule has 0 spiro atoms. The molecule has 0 saturated carbocycles. The quantitative estimate of drug-likeness (QED) is 0.675. The molecule has 1 heterocycles. The molecule has 0 fully saturated rings. The van der Waals surface area contributed by atoms with E-state index < -0.39 is 0 Å². The maximum atomic E-state index is 4.29. The minimum atomic E-state index is 0.943. The van der Waals surface area contributed by atoms with Gasteiger partial charge in [0.05, 0.1) is 5.70 Å². The van der Waals surface area contributed by atoms with Gasteiger partial charge in [-0.3, -0.25) is 0 Å². The Morgan fingerprint density at radius 3 is 2.40 bits per heavy atom. The Kier molecular flexibility index (Phi) is 5.08. The first-order valence-corrected chi connectivity index (χ1v) is 5.81. The summed E-state index contributed by atoms with van der Waals surface area (Å²) in [7, 11) is 0. The first-order valence-electron chi connectivity index (χ1n) is 5.81. The minimum absolute atomic E-state index is 0.943. The molecule has 15 heavy (non-hydrogen) atoms. The molecule has 0 aliphatic carbocycles. The number of hydrogen-bond donors (Lipinski definition) is 0. The van der Waals surface area contributed by atoms with E-state index in [-0.39, 0.29) is 0 Å². The first kappa shape index (κ1) is 12.0. The Balaban J connectivity index is 2.67. The molecular formula is C12H21N3. The molecule has 3 nitrogen and oxygen atoms in total. The third kappa shape index (κ3) is 3.86. The number of allylic oxidation sites excluding steroid dienone is 3. The van der Waals surface area contributed by atoms with E-state index in [0.29, 0.717) is 0 Å². The highest BCUT2D eigenvalue weighted by atomic mass is 15.3. The van der Waals surface area contributed by atoms with Gasteiger partial charge in [-0.15, -0.1) is 5.11 Å². The van der Waals surface area contributed by atoms with Gasteiger partial charge in [-0.2, -0.15) is 5.11 Å². The molecule has 0 aromatic carbocycles. The monoisotopic (exact) mass is 207 g/mol. The lowest BCUT2D eigenvalue weighted by molar-refractivity contribution is 0.337. The summed E-state index contributed by atoms with van der Waals surface area (Å²) in [5.41, 5.74) is 1.01. The highest BCUT2D eigenvalue weighted by molar-refractivity contribution is 5.09. The van der Waals surface area contributed by atoms with Gasteiger partial charge in [0.25, 0.3) is 0 Å². The molecule has 0 saturated heterocycles. The van der Waals surface area contributed by atoms with Crippen LogP contribution in [0.25, 0.3) is 0 Å². The summed E-state index contributed by atoms with van der Waals surface area (Å²) < 4.78 is 0. The molecule has 1 aliphatic rings. The SMILES string of the molecule is CCCN(CCC)C1=CCC=C(C)N=N1. The van der Waals surface area contributed by atoms with E-state index in [1.54, 1.807) is 0 Å². The van der Waals surface area contributed by atoms with Crippen LogP contribution in [0.15, 0.2) is 33.9 Å². The number of hydrogen-bond acceptors (Lipinski definition) is 3. The average Bonchev–Trinajstić information content (AvgIpc) is 2.43. The normalized spacial score (nSPS) is 15.7. The van der Waals surface area contributed by atoms with Crippen molar-refractivity contribution in [2.75, 3.05) is 13.1 Å². The lowest BCUT2D eigenvalue weighted by Gasteiger charge is -2.22. The number of nitrogens with zero attached hydrogens (tertiary/aromatic N) is 3. The lowest BCUT2D eigenvalue weighted by atomic mass is 10.3. The predicted molar refractivity (Wildman–Crippen MR) is 63.5 cm³/mol. The summed E-state index contributed by atoms with van der Waals surface area (Å²) in [4.78, 5) is 2.32. The molecule has 1 aliphatic heterocycles. The van der Waals surface area contributed by atoms with Crippen LogP contribution in [-0.4, -0.2) is 18.0 Å². The van der Waals surface area contributed by atoms with Gasteiger partial charge in [0.15, 0.2) is 0 Å². The zero-order valence-electron chi connectivity index (χ0n) is 10.0. The van der Waals surface area contributed by atoms with Crippen LogP contribution in [0.2, 0.25) is 0 Å². The lowest BCUT2D eigenvalue weighted by Crippen LogP contribution is -2.23. The molecule has 84 valence electrons. The van der Waals surface area contributed by atoms with Gasteiger partial charge in [-0.25, -0.2) is 0 Å². The maximum Gasteiger partial charge on any atom is 0.147 e. The Bertz CT molecular complexity index is 271. The van der Waals surface area contributed by atoms with Gasteiger partial charge in [-0.1, -0.05) is 19.9 Å². The Morgan fingerprint density at radius 2 is 1.80 bits per heavy atom. The van der Waals surface area contributed by atoms with E-state index in [4.69, 9.17) is 0 Å². The predicted octanol–water partition coefficient (Wildman–Crippen LogP) is 3.71. The molecule has 1 rings (SSSR count). The summed E-state index contributed by atoms with van der Waals surface area (Å²) in [6, 6.07) is 0. The molecule has 0 amide bonds. The minimum Gasteiger partial charge on any atom is -0.355 e. The van der Waals surface area contributed by atoms with Crippen LogP contribution in [0.1, 0.15) is 40.0 Å². The molecule has 0 bridgehead atoms. The van der Waals surface area contributed by atoms with Gasteiger partial charge in [0.1, 0.15) is 5.82 Å². The van der Waals surface area contributed by atoms with Gasteiger partial charge in [-0.05, 0) is 32.3 Å². The highest BCUT2D eigenvalue weighted by Gasteiger charge is 2.07. The molecule has 3 heteroatoms. The van der Waals surface area contributed by atoms with Crippen molar-refractivity contribution in [3.05, 3.63) is 23.7 Å². The van der Waals surface area contributed by atoms with Crippen molar-refractivity contribution >= 4 is 0 Å². The topological polar surface area (TPSA) is 28.0 Å². The molecule has 0 atom stereocenters. The molecule has 0 aromatic rings. The fourth-order valence-electron chi connectivity index (χ4n) is 1.62. The molecular weight excluding hydrogens is 186 g/mol. The van der Waals surface area contributed by atoms with Crippen molar-refractivity contribution in [2.45, 2.75) is 40.0 Å². The van der Waals surface area contributed by atoms with Crippen molar-refractivity contribution in [2.24, 2.45) is 10.2 Å². The fraction of sp³-hybridized carbons (Fsp3) is 0.667. The van der Waals surface area contributed by atoms with Crippen LogP contribution < -0.4 is 0 Å². The van der Waals surface area contributed by atoms with Crippen LogP contribution in [0.5, 0.6) is 0 Å². The second-order valence-corrected chi connectivity index (χ2v) is 3.83. The zero-order valence-corrected chi connectivity index (χ0v) is 10.0. The van der Waals surface area contributed by atoms with Crippen molar-refractivity contribution in [1.82, 2.24) is 4.90 Å². The second kappa shape index (κ2) is 6.38. The Labute approximate surface area is 92.6 Å². The van der Waals surface area contributed by atoms with Crippen LogP contribution in [-0.2, 0) is 0 Å². The second-order valence-electron chi connectivity index (χ2n) is 3.83. The van der Waals surface area contributed by atoms with E-state index in [0.717, 1.165) is 43.9 Å². The standard InChI is InChI=1S/C12H21N3/c1-4-9-15(10-5-2)12-8-6-7-11(3)13-14-12/h7-8H,4-6,9-10H2,1-3H3. The third-order valence-corrected chi connectivity index (χ3v) is 2.33. The van der Waals surface area contributed by atoms with E-state index in [2.05, 4.69) is 41.1 Å². The van der Waals surface area contributed by atoms with Gasteiger partial charge < -0.3 is 4.90 Å². The van der Waals surface area contributed by atoms with Gasteiger partial charge >= 0.3 is 0 Å². The van der Waals surface area contributed by atoms with Crippen molar-refractivity contribution in [3.63, 3.8) is 0 Å². The summed E-state index contributed by atoms with van der Waals surface area (Å²) in [5.74, 6) is 1.03. The van der Waals surface area contributed by atoms with Crippen molar-refractivity contribution < 1.29 is 0 Å². The molecule has 0 aromatic heterocycles. The van der Waals surface area contributed by atoms with E-state index in [9.17, 15) is 0 Å². The smallest absolute Gasteiger partial charge is 0.147 e. The zero-order chi connectivity index (χ0) is 11.1. The Morgan fingerprint density at radius 1 is 1.13 bits per heavy atom. The van der Waals surface area contributed by atoms with Crippen LogP contribution >= 0.6 is 0 Å². The molecule has 0 N–H and O–H groups in total. The van der Waals surface area contributed by atoms with Crippen molar-refractivity contribution in [3.8, 4) is 0 Å². The number of azo groups is 1. The Hall–Kier alpha value is -1.12. The van der Waals surface area contributed by atoms with Crippen LogP contribution in [0.3, 0.4) is 0 Å². The van der Waals surface area contributed by atoms with Gasteiger partial charge in [0, 0.05) is 13.1 Å². The van der Waals surface area contributed by atoms with E-state index >= 15 is 0 Å². The van der Waals surface area contributed by atoms with E-state index in [1.807, 2.05) is 6.92 Å². The van der Waals surface area contributed by atoms with E-state index in [1.165, 1.54) is 0 Å². The summed E-state index contributed by atoms with van der Waals surface area (Å²) in [6.07, 6.45) is 7.51.